The van der Waals surface area contributed by atoms with Gasteiger partial charge in [0.15, 0.2) is 5.16 Å². The van der Waals surface area contributed by atoms with Gasteiger partial charge in [0.05, 0.1) is 0 Å². The summed E-state index contributed by atoms with van der Waals surface area (Å²) in [5.74, 6) is 0.923. The van der Waals surface area contributed by atoms with E-state index < -0.39 is 0 Å². The fourth-order valence-electron chi connectivity index (χ4n) is 1.36. The average molecular weight is 244 g/mol. The molecule has 1 rings (SSSR count). The first kappa shape index (κ1) is 13.5. The molecule has 0 amide bonds. The molecule has 0 radical (unpaired) electrons. The Bertz CT molecular complexity index is 316. The van der Waals surface area contributed by atoms with Crippen LogP contribution in [-0.2, 0) is 11.3 Å². The highest BCUT2D eigenvalue weighted by atomic mass is 32.2. The highest BCUT2D eigenvalue weighted by molar-refractivity contribution is 7.99. The Morgan fingerprint density at radius 1 is 1.50 bits per heavy atom. The van der Waals surface area contributed by atoms with Gasteiger partial charge in [-0.1, -0.05) is 18.7 Å². The topological polar surface area (TPSA) is 66.0 Å². The number of hydrogen-bond acceptors (Lipinski definition) is 5. The fraction of sp³-hybridized carbons (Fsp3) is 0.800. The van der Waals surface area contributed by atoms with Gasteiger partial charge in [-0.05, 0) is 13.3 Å². The van der Waals surface area contributed by atoms with Crippen LogP contribution in [-0.4, -0.2) is 40.3 Å². The molecule has 0 aromatic carbocycles. The van der Waals surface area contributed by atoms with Crippen molar-refractivity contribution in [2.45, 2.75) is 37.2 Å². The summed E-state index contributed by atoms with van der Waals surface area (Å²) in [5, 5.41) is 9.66. The van der Waals surface area contributed by atoms with Crippen molar-refractivity contribution in [3.63, 3.8) is 0 Å². The second-order valence-electron chi connectivity index (χ2n) is 3.68. The molecule has 1 atom stereocenters. The van der Waals surface area contributed by atoms with Gasteiger partial charge in [-0.3, -0.25) is 0 Å². The lowest BCUT2D eigenvalue weighted by Gasteiger charge is -2.11. The quantitative estimate of drug-likeness (QED) is 0.727. The second kappa shape index (κ2) is 6.88. The molecule has 16 heavy (non-hydrogen) atoms. The Morgan fingerprint density at radius 2 is 2.25 bits per heavy atom. The van der Waals surface area contributed by atoms with Crippen LogP contribution in [0.3, 0.4) is 0 Å². The van der Waals surface area contributed by atoms with E-state index in [-0.39, 0.29) is 0 Å². The Balaban J connectivity index is 2.58. The van der Waals surface area contributed by atoms with Crippen LogP contribution in [0.25, 0.3) is 0 Å². The molecule has 1 aromatic rings. The molecule has 0 aliphatic rings. The number of hydrogen-bond donors (Lipinski definition) is 1. The van der Waals surface area contributed by atoms with Crippen molar-refractivity contribution in [2.24, 2.45) is 5.73 Å². The van der Waals surface area contributed by atoms with E-state index >= 15 is 0 Å². The minimum atomic E-state index is 0.472. The maximum atomic E-state index is 5.56. The Hall–Kier alpha value is -0.590. The summed E-state index contributed by atoms with van der Waals surface area (Å²) in [6.45, 7) is 6.28. The molecule has 1 unspecified atom stereocenters. The third-order valence-corrected chi connectivity index (χ3v) is 3.44. The standard InChI is InChI=1S/C10H20N4OS/c1-8(4-7-15-3)16-10-13-12-9(2)14(10)6-5-11/h8H,4-7,11H2,1-3H3. The predicted octanol–water partition coefficient (Wildman–Crippen LogP) is 1.06. The van der Waals surface area contributed by atoms with E-state index in [0.717, 1.165) is 30.6 Å². The molecule has 2 N–H and O–H groups in total. The third kappa shape index (κ3) is 3.77. The van der Waals surface area contributed by atoms with Crippen LogP contribution in [0.15, 0.2) is 5.16 Å². The molecule has 5 nitrogen and oxygen atoms in total. The molecule has 92 valence electrons. The number of aromatic nitrogens is 3. The molecule has 0 bridgehead atoms. The average Bonchev–Trinajstić information content (AvgIpc) is 2.59. The van der Waals surface area contributed by atoms with Gasteiger partial charge in [0, 0.05) is 32.1 Å². The van der Waals surface area contributed by atoms with Gasteiger partial charge in [-0.2, -0.15) is 0 Å². The van der Waals surface area contributed by atoms with Crippen molar-refractivity contribution in [2.75, 3.05) is 20.3 Å². The summed E-state index contributed by atoms with van der Waals surface area (Å²) >= 11 is 1.72. The van der Waals surface area contributed by atoms with Gasteiger partial charge in [0.2, 0.25) is 0 Å². The zero-order valence-corrected chi connectivity index (χ0v) is 11.0. The maximum Gasteiger partial charge on any atom is 0.191 e. The van der Waals surface area contributed by atoms with Gasteiger partial charge in [-0.15, -0.1) is 10.2 Å². The summed E-state index contributed by atoms with van der Waals surface area (Å²) in [5.41, 5.74) is 5.56. The zero-order chi connectivity index (χ0) is 12.0. The lowest BCUT2D eigenvalue weighted by molar-refractivity contribution is 0.195. The number of aryl methyl sites for hydroxylation is 1. The molecule has 6 heteroatoms. The smallest absolute Gasteiger partial charge is 0.191 e. The summed E-state index contributed by atoms with van der Waals surface area (Å²) in [4.78, 5) is 0. The monoisotopic (exact) mass is 244 g/mol. The van der Waals surface area contributed by atoms with E-state index in [1.54, 1.807) is 18.9 Å². The lowest BCUT2D eigenvalue weighted by Crippen LogP contribution is -2.13. The number of nitrogens with zero attached hydrogens (tertiary/aromatic N) is 3. The van der Waals surface area contributed by atoms with Gasteiger partial charge in [0.25, 0.3) is 0 Å². The molecular formula is C10H20N4OS. The first-order valence-corrected chi connectivity index (χ1v) is 6.32. The first-order valence-electron chi connectivity index (χ1n) is 5.44. The highest BCUT2D eigenvalue weighted by Crippen LogP contribution is 2.23. The maximum absolute atomic E-state index is 5.56. The number of thioether (sulfide) groups is 1. The molecule has 0 aliphatic heterocycles. The number of nitrogens with two attached hydrogens (primary N) is 1. The predicted molar refractivity (Wildman–Crippen MR) is 65.6 cm³/mol. The second-order valence-corrected chi connectivity index (χ2v) is 5.09. The minimum Gasteiger partial charge on any atom is -0.385 e. The van der Waals surface area contributed by atoms with Crippen LogP contribution >= 0.6 is 11.8 Å². The first-order chi connectivity index (χ1) is 7.69. The van der Waals surface area contributed by atoms with Crippen molar-refractivity contribution in [1.29, 1.82) is 0 Å². The van der Waals surface area contributed by atoms with Crippen molar-refractivity contribution < 1.29 is 4.74 Å². The zero-order valence-electron chi connectivity index (χ0n) is 10.1. The Kier molecular flexibility index (Phi) is 5.79. The van der Waals surface area contributed by atoms with Gasteiger partial charge < -0.3 is 15.0 Å². The van der Waals surface area contributed by atoms with E-state index in [4.69, 9.17) is 10.5 Å². The van der Waals surface area contributed by atoms with Crippen LogP contribution in [0, 0.1) is 6.92 Å². The van der Waals surface area contributed by atoms with Crippen molar-refractivity contribution in [3.05, 3.63) is 5.82 Å². The van der Waals surface area contributed by atoms with E-state index in [9.17, 15) is 0 Å². The normalized spacial score (nSPS) is 13.0. The highest BCUT2D eigenvalue weighted by Gasteiger charge is 2.12. The van der Waals surface area contributed by atoms with Crippen LogP contribution in [0.2, 0.25) is 0 Å². The van der Waals surface area contributed by atoms with Crippen LogP contribution in [0.4, 0.5) is 0 Å². The van der Waals surface area contributed by atoms with Crippen molar-refractivity contribution >= 4 is 11.8 Å². The molecule has 0 spiro atoms. The minimum absolute atomic E-state index is 0.472. The summed E-state index contributed by atoms with van der Waals surface area (Å²) in [7, 11) is 1.72. The van der Waals surface area contributed by atoms with E-state index in [1.807, 2.05) is 6.92 Å². The number of ether oxygens (including phenoxy) is 1. The summed E-state index contributed by atoms with van der Waals surface area (Å²) in [6, 6.07) is 0. The van der Waals surface area contributed by atoms with E-state index in [0.29, 0.717) is 11.8 Å². The van der Waals surface area contributed by atoms with Crippen LogP contribution < -0.4 is 5.73 Å². The molecule has 1 aromatic heterocycles. The summed E-state index contributed by atoms with van der Waals surface area (Å²) < 4.78 is 7.12. The van der Waals surface area contributed by atoms with E-state index in [2.05, 4.69) is 21.7 Å². The van der Waals surface area contributed by atoms with Gasteiger partial charge in [-0.25, -0.2) is 0 Å². The van der Waals surface area contributed by atoms with Crippen molar-refractivity contribution in [3.8, 4) is 0 Å². The van der Waals surface area contributed by atoms with Crippen molar-refractivity contribution in [1.82, 2.24) is 14.8 Å². The number of methoxy groups -OCH3 is 1. The molecule has 0 saturated carbocycles. The van der Waals surface area contributed by atoms with E-state index in [1.165, 1.54) is 0 Å². The Morgan fingerprint density at radius 3 is 2.88 bits per heavy atom. The summed E-state index contributed by atoms with van der Waals surface area (Å²) in [6.07, 6.45) is 1.01. The lowest BCUT2D eigenvalue weighted by atomic mass is 10.3. The van der Waals surface area contributed by atoms with Crippen LogP contribution in [0.5, 0.6) is 0 Å². The van der Waals surface area contributed by atoms with Gasteiger partial charge >= 0.3 is 0 Å². The Labute approximate surface area is 101 Å². The largest absolute Gasteiger partial charge is 0.385 e. The fourth-order valence-corrected chi connectivity index (χ4v) is 2.37. The third-order valence-electron chi connectivity index (χ3n) is 2.29. The molecule has 0 fully saturated rings. The SMILES string of the molecule is COCCC(C)Sc1nnc(C)n1CCN. The molecule has 0 saturated heterocycles. The van der Waals surface area contributed by atoms with Crippen LogP contribution in [0.1, 0.15) is 19.2 Å². The number of rotatable bonds is 7. The molecule has 1 heterocycles. The molecule has 0 aliphatic carbocycles. The molecular weight excluding hydrogens is 224 g/mol. The van der Waals surface area contributed by atoms with Gasteiger partial charge in [0.1, 0.15) is 5.82 Å².